The highest BCUT2D eigenvalue weighted by Crippen LogP contribution is 2.40. The Hall–Kier alpha value is -0.610. The molecule has 2 aliphatic rings. The summed E-state index contributed by atoms with van der Waals surface area (Å²) in [4.78, 5) is 0. The Labute approximate surface area is 88.2 Å². The third kappa shape index (κ3) is 1.42. The zero-order valence-corrected chi connectivity index (χ0v) is 10.1. The fourth-order valence-electron chi connectivity index (χ4n) is 2.18. The smallest absolute Gasteiger partial charge is 0.00987 e. The summed E-state index contributed by atoms with van der Waals surface area (Å²) in [7, 11) is 1.46. The van der Waals surface area contributed by atoms with E-state index in [0.717, 1.165) is 0 Å². The van der Waals surface area contributed by atoms with Crippen molar-refractivity contribution < 1.29 is 0 Å². The molecule has 0 saturated carbocycles. The predicted octanol–water partition coefficient (Wildman–Crippen LogP) is 4.47. The maximum Gasteiger partial charge on any atom is 0.00987 e. The van der Waals surface area contributed by atoms with Crippen LogP contribution in [0.4, 0.5) is 0 Å². The van der Waals surface area contributed by atoms with Crippen molar-refractivity contribution >= 4 is 13.5 Å². The molecular formula is C13H17P. The quantitative estimate of drug-likeness (QED) is 0.595. The molecule has 1 heterocycles. The van der Waals surface area contributed by atoms with Crippen molar-refractivity contribution in [2.45, 2.75) is 40.0 Å². The molecule has 0 aromatic carbocycles. The van der Waals surface area contributed by atoms with Gasteiger partial charge in [0.25, 0.3) is 0 Å². The van der Waals surface area contributed by atoms with Gasteiger partial charge in [-0.1, -0.05) is 29.0 Å². The van der Waals surface area contributed by atoms with Crippen molar-refractivity contribution in [1.29, 1.82) is 0 Å². The van der Waals surface area contributed by atoms with Crippen molar-refractivity contribution in [3.05, 3.63) is 34.2 Å². The summed E-state index contributed by atoms with van der Waals surface area (Å²) in [6, 6.07) is 0. The van der Waals surface area contributed by atoms with Gasteiger partial charge < -0.3 is 0 Å². The summed E-state index contributed by atoms with van der Waals surface area (Å²) >= 11 is 0. The van der Waals surface area contributed by atoms with Crippen LogP contribution in [0, 0.1) is 0 Å². The lowest BCUT2D eigenvalue weighted by molar-refractivity contribution is 1.03. The molecule has 74 valence electrons. The standard InChI is InChI=1S/C13H17P/c1-4-9-7-13-12(11(9)6-3)8-10(5-2)14-13/h7-8H,4-6H2,1-3H3. The van der Waals surface area contributed by atoms with E-state index >= 15 is 0 Å². The van der Waals surface area contributed by atoms with Gasteiger partial charge in [-0.3, -0.25) is 0 Å². The molecule has 0 spiro atoms. The highest BCUT2D eigenvalue weighted by Gasteiger charge is 2.21. The minimum Gasteiger partial charge on any atom is -0.0642 e. The van der Waals surface area contributed by atoms with E-state index in [1.54, 1.807) is 27.3 Å². The molecule has 0 saturated heterocycles. The average Bonchev–Trinajstić information content (AvgIpc) is 2.72. The molecule has 1 aliphatic carbocycles. The van der Waals surface area contributed by atoms with Crippen LogP contribution in [-0.2, 0) is 0 Å². The van der Waals surface area contributed by atoms with Gasteiger partial charge in [-0.25, -0.2) is 0 Å². The van der Waals surface area contributed by atoms with Gasteiger partial charge in [-0.15, -0.1) is 0 Å². The molecule has 0 radical (unpaired) electrons. The van der Waals surface area contributed by atoms with Crippen molar-refractivity contribution in [2.75, 3.05) is 0 Å². The lowest BCUT2D eigenvalue weighted by Crippen LogP contribution is -1.87. The van der Waals surface area contributed by atoms with Crippen LogP contribution in [0.1, 0.15) is 40.0 Å². The fraction of sp³-hybridized carbons (Fsp3) is 0.462. The summed E-state index contributed by atoms with van der Waals surface area (Å²) in [6.07, 6.45) is 8.38. The van der Waals surface area contributed by atoms with E-state index in [9.17, 15) is 0 Å². The molecule has 1 aliphatic heterocycles. The fourth-order valence-corrected chi connectivity index (χ4v) is 3.38. The number of fused-ring (bicyclic) bond motifs is 1. The maximum atomic E-state index is 2.41. The largest absolute Gasteiger partial charge is 0.0642 e. The Morgan fingerprint density at radius 1 is 1.00 bits per heavy atom. The molecule has 2 rings (SSSR count). The monoisotopic (exact) mass is 204 g/mol. The van der Waals surface area contributed by atoms with Crippen LogP contribution in [0.15, 0.2) is 34.2 Å². The third-order valence-electron chi connectivity index (χ3n) is 2.97. The topological polar surface area (TPSA) is 0 Å². The molecule has 0 nitrogen and oxygen atoms in total. The molecule has 0 fully saturated rings. The molecule has 0 aromatic rings. The normalized spacial score (nSPS) is 20.6. The summed E-state index contributed by atoms with van der Waals surface area (Å²) in [6.45, 7) is 6.77. The third-order valence-corrected chi connectivity index (χ3v) is 4.31. The zero-order valence-electron chi connectivity index (χ0n) is 9.22. The first kappa shape index (κ1) is 9.93. The average molecular weight is 204 g/mol. The van der Waals surface area contributed by atoms with Crippen molar-refractivity contribution in [2.24, 2.45) is 0 Å². The van der Waals surface area contributed by atoms with E-state index in [2.05, 4.69) is 32.9 Å². The van der Waals surface area contributed by atoms with Gasteiger partial charge in [0.15, 0.2) is 0 Å². The molecule has 0 unspecified atom stereocenters. The number of allylic oxidation sites excluding steroid dienone is 6. The van der Waals surface area contributed by atoms with Crippen LogP contribution in [0.25, 0.3) is 0 Å². The predicted molar refractivity (Wildman–Crippen MR) is 66.0 cm³/mol. The van der Waals surface area contributed by atoms with Crippen molar-refractivity contribution in [3.63, 3.8) is 0 Å². The SMILES string of the molecule is CCC1=CC2=C(CC)C(CC)=CC2=P1. The van der Waals surface area contributed by atoms with E-state index in [4.69, 9.17) is 0 Å². The Bertz CT molecular complexity index is 378. The molecule has 0 amide bonds. The molecule has 14 heavy (non-hydrogen) atoms. The molecule has 1 heteroatoms. The number of hydrogen-bond donors (Lipinski definition) is 0. The van der Waals surface area contributed by atoms with E-state index in [-0.39, 0.29) is 0 Å². The Kier molecular flexibility index (Phi) is 2.74. The number of rotatable bonds is 3. The van der Waals surface area contributed by atoms with Gasteiger partial charge in [-0.2, -0.15) is 0 Å². The van der Waals surface area contributed by atoms with Crippen molar-refractivity contribution in [3.8, 4) is 0 Å². The molecule has 0 aromatic heterocycles. The summed E-state index contributed by atoms with van der Waals surface area (Å²) in [5, 5.41) is 3.13. The van der Waals surface area contributed by atoms with Gasteiger partial charge in [0.1, 0.15) is 0 Å². The van der Waals surface area contributed by atoms with Crippen LogP contribution in [0.5, 0.6) is 0 Å². The lowest BCUT2D eigenvalue weighted by atomic mass is 10.0. The van der Waals surface area contributed by atoms with Crippen LogP contribution in [0.2, 0.25) is 0 Å². The Morgan fingerprint density at radius 2 is 1.79 bits per heavy atom. The van der Waals surface area contributed by atoms with Gasteiger partial charge >= 0.3 is 0 Å². The van der Waals surface area contributed by atoms with Gasteiger partial charge in [0.05, 0.1) is 0 Å². The second-order valence-electron chi connectivity index (χ2n) is 3.76. The van der Waals surface area contributed by atoms with Crippen LogP contribution >= 0.6 is 8.20 Å². The van der Waals surface area contributed by atoms with Gasteiger partial charge in [0, 0.05) is 5.29 Å². The first-order valence-corrected chi connectivity index (χ1v) is 6.43. The zero-order chi connectivity index (χ0) is 10.1. The van der Waals surface area contributed by atoms with E-state index < -0.39 is 0 Å². The van der Waals surface area contributed by atoms with E-state index in [1.807, 2.05) is 0 Å². The molecular weight excluding hydrogens is 187 g/mol. The summed E-state index contributed by atoms with van der Waals surface area (Å²) in [5.41, 5.74) is 4.71. The Morgan fingerprint density at radius 3 is 2.36 bits per heavy atom. The minimum atomic E-state index is 1.18. The highest BCUT2D eigenvalue weighted by molar-refractivity contribution is 7.47. The maximum absolute atomic E-state index is 2.41. The highest BCUT2D eigenvalue weighted by atomic mass is 31.1. The molecule has 0 N–H and O–H groups in total. The van der Waals surface area contributed by atoms with Crippen molar-refractivity contribution in [1.82, 2.24) is 0 Å². The first-order chi connectivity index (χ1) is 6.80. The van der Waals surface area contributed by atoms with Crippen LogP contribution < -0.4 is 0 Å². The Balaban J connectivity index is 2.42. The first-order valence-electron chi connectivity index (χ1n) is 5.53. The summed E-state index contributed by atoms with van der Waals surface area (Å²) < 4.78 is 0. The molecule has 0 atom stereocenters. The second kappa shape index (κ2) is 3.87. The molecule has 0 bridgehead atoms. The minimum absolute atomic E-state index is 1.18. The summed E-state index contributed by atoms with van der Waals surface area (Å²) in [5.74, 6) is 0. The van der Waals surface area contributed by atoms with E-state index in [0.29, 0.717) is 0 Å². The van der Waals surface area contributed by atoms with Gasteiger partial charge in [-0.05, 0) is 53.4 Å². The second-order valence-corrected chi connectivity index (χ2v) is 5.04. The van der Waals surface area contributed by atoms with Crippen LogP contribution in [-0.4, -0.2) is 5.29 Å². The van der Waals surface area contributed by atoms with Crippen LogP contribution in [0.3, 0.4) is 0 Å². The van der Waals surface area contributed by atoms with Gasteiger partial charge in [0.2, 0.25) is 0 Å². The number of hydrogen-bond acceptors (Lipinski definition) is 0. The van der Waals surface area contributed by atoms with E-state index in [1.165, 1.54) is 27.5 Å². The lowest BCUT2D eigenvalue weighted by Gasteiger charge is -2.03.